The Morgan fingerprint density at radius 3 is 2.52 bits per heavy atom. The van der Waals surface area contributed by atoms with E-state index in [0.29, 0.717) is 18.0 Å². The quantitative estimate of drug-likeness (QED) is 0.826. The first kappa shape index (κ1) is 17.0. The standard InChI is InChI=1S/C23H30N4/c1-16-13-18-7-5-6-8-19(18)15-27(16)22-14-21(17-11-12-17)25-23(26-22)24-20-9-3-2-4-10-20/h5-8,14,16-17,20H,2-4,9-13,15H2,1H3,(H,24,25,26)/t16-/m0/s1. The molecule has 1 N–H and O–H groups in total. The van der Waals surface area contributed by atoms with E-state index in [0.717, 1.165) is 24.7 Å². The van der Waals surface area contributed by atoms with Crippen molar-refractivity contribution in [2.75, 3.05) is 10.2 Å². The molecule has 0 bridgehead atoms. The third-order valence-electron chi connectivity index (χ3n) is 6.47. The van der Waals surface area contributed by atoms with Crippen molar-refractivity contribution in [2.24, 2.45) is 0 Å². The third kappa shape index (κ3) is 3.67. The minimum atomic E-state index is 0.462. The number of fused-ring (bicyclic) bond motifs is 1. The Labute approximate surface area is 162 Å². The molecule has 0 spiro atoms. The number of nitrogens with one attached hydrogen (secondary N) is 1. The molecular weight excluding hydrogens is 332 g/mol. The summed E-state index contributed by atoms with van der Waals surface area (Å²) in [4.78, 5) is 12.4. The van der Waals surface area contributed by atoms with Gasteiger partial charge in [-0.15, -0.1) is 0 Å². The van der Waals surface area contributed by atoms with Gasteiger partial charge in [-0.05, 0) is 50.2 Å². The molecular formula is C23H30N4. The fraction of sp³-hybridized carbons (Fsp3) is 0.565. The molecule has 4 nitrogen and oxygen atoms in total. The number of aromatic nitrogens is 2. The average molecular weight is 363 g/mol. The fourth-order valence-electron chi connectivity index (χ4n) is 4.67. The molecule has 2 aliphatic carbocycles. The molecule has 3 aliphatic rings. The van der Waals surface area contributed by atoms with Crippen molar-refractivity contribution in [1.29, 1.82) is 0 Å². The molecule has 2 aromatic rings. The van der Waals surface area contributed by atoms with Gasteiger partial charge in [0.05, 0.1) is 5.69 Å². The Morgan fingerprint density at radius 1 is 0.963 bits per heavy atom. The van der Waals surface area contributed by atoms with Crippen LogP contribution in [0.25, 0.3) is 0 Å². The fourth-order valence-corrected chi connectivity index (χ4v) is 4.67. The minimum Gasteiger partial charge on any atom is -0.351 e. The summed E-state index contributed by atoms with van der Waals surface area (Å²) in [6.07, 6.45) is 10.2. The zero-order valence-corrected chi connectivity index (χ0v) is 16.3. The lowest BCUT2D eigenvalue weighted by Crippen LogP contribution is -2.39. The smallest absolute Gasteiger partial charge is 0.225 e. The van der Waals surface area contributed by atoms with Crippen molar-refractivity contribution < 1.29 is 0 Å². The summed E-state index contributed by atoms with van der Waals surface area (Å²) < 4.78 is 0. The van der Waals surface area contributed by atoms with Crippen LogP contribution in [0.2, 0.25) is 0 Å². The van der Waals surface area contributed by atoms with Gasteiger partial charge in [0, 0.05) is 30.6 Å². The number of nitrogens with zero attached hydrogens (tertiary/aromatic N) is 3. The molecule has 27 heavy (non-hydrogen) atoms. The Bertz CT molecular complexity index is 808. The van der Waals surface area contributed by atoms with E-state index in [2.05, 4.69) is 47.5 Å². The monoisotopic (exact) mass is 362 g/mol. The van der Waals surface area contributed by atoms with Gasteiger partial charge in [-0.25, -0.2) is 4.98 Å². The number of rotatable bonds is 4. The molecule has 0 radical (unpaired) electrons. The molecule has 1 aromatic carbocycles. The molecule has 4 heteroatoms. The van der Waals surface area contributed by atoms with E-state index in [1.54, 1.807) is 0 Å². The largest absolute Gasteiger partial charge is 0.351 e. The lowest BCUT2D eigenvalue weighted by molar-refractivity contribution is 0.460. The van der Waals surface area contributed by atoms with E-state index in [1.807, 2.05) is 0 Å². The SMILES string of the molecule is C[C@H]1Cc2ccccc2CN1c1cc(C2CC2)nc(NC2CCCCC2)n1. The maximum absolute atomic E-state index is 4.99. The van der Waals surface area contributed by atoms with Gasteiger partial charge in [0.1, 0.15) is 5.82 Å². The third-order valence-corrected chi connectivity index (χ3v) is 6.47. The van der Waals surface area contributed by atoms with E-state index >= 15 is 0 Å². The topological polar surface area (TPSA) is 41.1 Å². The van der Waals surface area contributed by atoms with Crippen LogP contribution >= 0.6 is 0 Å². The maximum Gasteiger partial charge on any atom is 0.225 e. The molecule has 0 amide bonds. The summed E-state index contributed by atoms with van der Waals surface area (Å²) in [6, 6.07) is 12.1. The molecule has 1 aromatic heterocycles. The van der Waals surface area contributed by atoms with Crippen LogP contribution < -0.4 is 10.2 Å². The van der Waals surface area contributed by atoms with Gasteiger partial charge in [-0.2, -0.15) is 4.98 Å². The van der Waals surface area contributed by atoms with Crippen molar-refractivity contribution >= 4 is 11.8 Å². The highest BCUT2D eigenvalue weighted by atomic mass is 15.3. The minimum absolute atomic E-state index is 0.462. The van der Waals surface area contributed by atoms with Crippen LogP contribution in [-0.2, 0) is 13.0 Å². The summed E-state index contributed by atoms with van der Waals surface area (Å²) in [6.45, 7) is 3.27. The van der Waals surface area contributed by atoms with E-state index in [4.69, 9.17) is 9.97 Å². The summed E-state index contributed by atoms with van der Waals surface area (Å²) in [7, 11) is 0. The zero-order chi connectivity index (χ0) is 18.2. The van der Waals surface area contributed by atoms with Gasteiger partial charge in [0.15, 0.2) is 0 Å². The summed E-state index contributed by atoms with van der Waals surface area (Å²) in [5.74, 6) is 2.60. The summed E-state index contributed by atoms with van der Waals surface area (Å²) in [5.41, 5.74) is 4.16. The average Bonchev–Trinajstić information content (AvgIpc) is 3.53. The van der Waals surface area contributed by atoms with E-state index in [1.165, 1.54) is 61.8 Å². The van der Waals surface area contributed by atoms with Crippen LogP contribution in [0, 0.1) is 0 Å². The van der Waals surface area contributed by atoms with Crippen molar-refractivity contribution in [3.8, 4) is 0 Å². The van der Waals surface area contributed by atoms with E-state index in [-0.39, 0.29) is 0 Å². The number of anilines is 2. The predicted octanol–water partition coefficient (Wildman–Crippen LogP) is 5.05. The molecule has 0 saturated heterocycles. The van der Waals surface area contributed by atoms with Gasteiger partial charge >= 0.3 is 0 Å². The zero-order valence-electron chi connectivity index (χ0n) is 16.3. The van der Waals surface area contributed by atoms with Gasteiger partial charge in [0.2, 0.25) is 5.95 Å². The molecule has 2 fully saturated rings. The Morgan fingerprint density at radius 2 is 1.74 bits per heavy atom. The highest BCUT2D eigenvalue weighted by Crippen LogP contribution is 2.41. The second-order valence-corrected chi connectivity index (χ2v) is 8.68. The Balaban J connectivity index is 1.44. The lowest BCUT2D eigenvalue weighted by Gasteiger charge is -2.36. The first-order valence-electron chi connectivity index (χ1n) is 10.8. The first-order chi connectivity index (χ1) is 13.3. The lowest BCUT2D eigenvalue weighted by atomic mass is 9.95. The molecule has 5 rings (SSSR count). The summed E-state index contributed by atoms with van der Waals surface area (Å²) >= 11 is 0. The highest BCUT2D eigenvalue weighted by molar-refractivity contribution is 5.50. The van der Waals surface area contributed by atoms with Crippen LogP contribution in [-0.4, -0.2) is 22.1 Å². The van der Waals surface area contributed by atoms with Gasteiger partial charge in [0.25, 0.3) is 0 Å². The first-order valence-corrected chi connectivity index (χ1v) is 10.8. The van der Waals surface area contributed by atoms with Crippen LogP contribution in [0.5, 0.6) is 0 Å². The van der Waals surface area contributed by atoms with Gasteiger partial charge < -0.3 is 10.2 Å². The Kier molecular flexibility index (Phi) is 4.50. The molecule has 2 saturated carbocycles. The molecule has 1 aliphatic heterocycles. The van der Waals surface area contributed by atoms with Gasteiger partial charge in [-0.1, -0.05) is 43.5 Å². The maximum atomic E-state index is 4.99. The predicted molar refractivity (Wildman–Crippen MR) is 110 cm³/mol. The van der Waals surface area contributed by atoms with Crippen LogP contribution in [0.1, 0.15) is 74.6 Å². The second-order valence-electron chi connectivity index (χ2n) is 8.68. The van der Waals surface area contributed by atoms with Crippen molar-refractivity contribution in [3.05, 3.63) is 47.2 Å². The van der Waals surface area contributed by atoms with Crippen LogP contribution in [0.3, 0.4) is 0 Å². The van der Waals surface area contributed by atoms with Crippen molar-refractivity contribution in [1.82, 2.24) is 9.97 Å². The molecule has 2 heterocycles. The van der Waals surface area contributed by atoms with E-state index < -0.39 is 0 Å². The molecule has 1 atom stereocenters. The number of hydrogen-bond donors (Lipinski definition) is 1. The number of hydrogen-bond acceptors (Lipinski definition) is 4. The number of benzene rings is 1. The second kappa shape index (κ2) is 7.14. The van der Waals surface area contributed by atoms with Crippen LogP contribution in [0.15, 0.2) is 30.3 Å². The molecule has 142 valence electrons. The van der Waals surface area contributed by atoms with Crippen molar-refractivity contribution in [3.63, 3.8) is 0 Å². The normalized spacial score (nSPS) is 23.1. The summed E-state index contributed by atoms with van der Waals surface area (Å²) in [5, 5.41) is 3.67. The van der Waals surface area contributed by atoms with Crippen LogP contribution in [0.4, 0.5) is 11.8 Å². The molecule has 0 unspecified atom stereocenters. The highest BCUT2D eigenvalue weighted by Gasteiger charge is 2.29. The van der Waals surface area contributed by atoms with Crippen molar-refractivity contribution in [2.45, 2.75) is 82.8 Å². The van der Waals surface area contributed by atoms with Gasteiger partial charge in [-0.3, -0.25) is 0 Å². The van der Waals surface area contributed by atoms with E-state index in [9.17, 15) is 0 Å². The Hall–Kier alpha value is -2.10.